The van der Waals surface area contributed by atoms with Crippen LogP contribution in [0.4, 0.5) is 0 Å². The lowest BCUT2D eigenvalue weighted by Crippen LogP contribution is -2.43. The molecule has 0 aliphatic heterocycles. The van der Waals surface area contributed by atoms with Crippen molar-refractivity contribution < 1.29 is 0 Å². The molecule has 0 saturated heterocycles. The van der Waals surface area contributed by atoms with Crippen molar-refractivity contribution in [3.63, 3.8) is 0 Å². The minimum absolute atomic E-state index is 0.00974. The van der Waals surface area contributed by atoms with Crippen LogP contribution < -0.4 is 0 Å². The quantitative estimate of drug-likeness (QED) is 0.695. The largest absolute Gasteiger partial charge is 0.329 e. The highest BCUT2D eigenvalue weighted by molar-refractivity contribution is 6.55. The van der Waals surface area contributed by atoms with E-state index in [4.69, 9.17) is 0 Å². The second-order valence-corrected chi connectivity index (χ2v) is 14.2. The van der Waals surface area contributed by atoms with E-state index in [-0.39, 0.29) is 19.4 Å². The summed E-state index contributed by atoms with van der Waals surface area (Å²) in [4.78, 5) is 0. The zero-order valence-electron chi connectivity index (χ0n) is 14.1. The Morgan fingerprint density at radius 3 is 1.40 bits per heavy atom. The third-order valence-corrected chi connectivity index (χ3v) is 10.6. The van der Waals surface area contributed by atoms with Gasteiger partial charge in [0.25, 0.3) is 0 Å². The Kier molecular flexibility index (Phi) is 7.28. The molecule has 0 bridgehead atoms. The van der Waals surface area contributed by atoms with E-state index in [0.29, 0.717) is 0 Å². The molecule has 0 atom stereocenters. The average molecular weight is 313 g/mol. The fourth-order valence-corrected chi connectivity index (χ4v) is 10.6. The molecule has 2 aliphatic carbocycles. The third-order valence-electron chi connectivity index (χ3n) is 5.60. The summed E-state index contributed by atoms with van der Waals surface area (Å²) in [6.07, 6.45) is 14.8. The Hall–Kier alpha value is 0.354. The molecule has 20 heavy (non-hydrogen) atoms. The van der Waals surface area contributed by atoms with Crippen LogP contribution in [0.3, 0.4) is 0 Å². The van der Waals surface area contributed by atoms with Gasteiger partial charge in [0.2, 0.25) is 0 Å². The second-order valence-electron chi connectivity index (χ2n) is 7.57. The minimum atomic E-state index is -0.00974. The maximum absolute atomic E-state index is 2.82. The molecule has 0 aromatic carbocycles. The lowest BCUT2D eigenvalue weighted by Gasteiger charge is -2.36. The van der Waals surface area contributed by atoms with Gasteiger partial charge < -0.3 is 9.13 Å². The summed E-state index contributed by atoms with van der Waals surface area (Å²) in [5, 5.41) is 1.08. The molecule has 0 aromatic rings. The van der Waals surface area contributed by atoms with Crippen LogP contribution in [0, 0.1) is 0 Å². The lowest BCUT2D eigenvalue weighted by atomic mass is 9.96. The van der Waals surface area contributed by atoms with Gasteiger partial charge >= 0.3 is 0 Å². The molecule has 0 heterocycles. The van der Waals surface area contributed by atoms with Crippen molar-refractivity contribution >= 4 is 19.4 Å². The van der Waals surface area contributed by atoms with Gasteiger partial charge in [-0.15, -0.1) is 0 Å². The Morgan fingerprint density at radius 2 is 1.05 bits per heavy atom. The van der Waals surface area contributed by atoms with Crippen LogP contribution in [0.25, 0.3) is 0 Å². The van der Waals surface area contributed by atoms with Crippen LogP contribution in [-0.4, -0.2) is 54.7 Å². The summed E-state index contributed by atoms with van der Waals surface area (Å²) in [5.74, 6) is 0. The van der Waals surface area contributed by atoms with Crippen LogP contribution in [-0.2, 0) is 0 Å². The van der Waals surface area contributed by atoms with E-state index in [2.05, 4.69) is 30.2 Å². The molecule has 2 fully saturated rings. The lowest BCUT2D eigenvalue weighted by molar-refractivity contribution is 0.284. The number of nitrogens with zero attached hydrogens (tertiary/aromatic N) is 2. The standard InChI is InChI=1S/C16H36N2Si2/c1-14(19-17(2)15-10-6-4-7-11-15)20-18(3)16-12-8-5-9-13-16/h14-16H,4-13,19-20H2,1-3H3. The van der Waals surface area contributed by atoms with E-state index in [1.807, 2.05) is 0 Å². The molecule has 4 heteroatoms. The van der Waals surface area contributed by atoms with Crippen LogP contribution in [0.5, 0.6) is 0 Å². The van der Waals surface area contributed by atoms with Crippen LogP contribution in [0.1, 0.15) is 71.1 Å². The number of hydrogen-bond acceptors (Lipinski definition) is 2. The van der Waals surface area contributed by atoms with Crippen molar-refractivity contribution in [1.82, 2.24) is 9.13 Å². The van der Waals surface area contributed by atoms with Crippen LogP contribution in [0.15, 0.2) is 0 Å². The van der Waals surface area contributed by atoms with Gasteiger partial charge in [0.15, 0.2) is 0 Å². The summed E-state index contributed by atoms with van der Waals surface area (Å²) in [5.41, 5.74) is 0. The summed E-state index contributed by atoms with van der Waals surface area (Å²) in [7, 11) is 4.86. The first-order valence-electron chi connectivity index (χ1n) is 9.07. The number of rotatable bonds is 6. The molecule has 0 radical (unpaired) electrons. The van der Waals surface area contributed by atoms with E-state index < -0.39 is 0 Å². The molecular weight excluding hydrogens is 276 g/mol. The van der Waals surface area contributed by atoms with Crippen molar-refractivity contribution in [3.8, 4) is 0 Å². The summed E-state index contributed by atoms with van der Waals surface area (Å²) >= 11 is 0. The van der Waals surface area contributed by atoms with Gasteiger partial charge in [0, 0.05) is 12.1 Å². The topological polar surface area (TPSA) is 6.48 Å². The van der Waals surface area contributed by atoms with E-state index in [1.165, 1.54) is 64.2 Å². The summed E-state index contributed by atoms with van der Waals surface area (Å²) in [6, 6.07) is 1.90. The normalized spacial score (nSPS) is 25.6. The molecule has 0 spiro atoms. The maximum atomic E-state index is 2.82. The average Bonchev–Trinajstić information content (AvgIpc) is 2.49. The Balaban J connectivity index is 1.69. The van der Waals surface area contributed by atoms with Gasteiger partial charge in [-0.2, -0.15) is 0 Å². The zero-order chi connectivity index (χ0) is 14.4. The highest BCUT2D eigenvalue weighted by Crippen LogP contribution is 2.24. The SMILES string of the molecule is CC([SiH2]N(C)C1CCCCC1)[SiH2]N(C)C1CCCCC1. The van der Waals surface area contributed by atoms with E-state index in [0.717, 1.165) is 17.2 Å². The second kappa shape index (κ2) is 8.71. The highest BCUT2D eigenvalue weighted by Gasteiger charge is 2.23. The first-order valence-corrected chi connectivity index (χ1v) is 12.0. The van der Waals surface area contributed by atoms with Gasteiger partial charge in [-0.1, -0.05) is 45.4 Å². The Bertz CT molecular complexity index is 237. The first kappa shape index (κ1) is 16.7. The predicted molar refractivity (Wildman–Crippen MR) is 95.8 cm³/mol. The molecule has 2 rings (SSSR count). The molecule has 0 N–H and O–H groups in total. The van der Waals surface area contributed by atoms with Crippen molar-refractivity contribution in [2.45, 2.75) is 88.4 Å². The molecule has 0 amide bonds. The van der Waals surface area contributed by atoms with E-state index in [1.54, 1.807) is 0 Å². The minimum Gasteiger partial charge on any atom is -0.329 e. The fourth-order valence-electron chi connectivity index (χ4n) is 4.38. The van der Waals surface area contributed by atoms with Crippen molar-refractivity contribution in [2.24, 2.45) is 0 Å². The fraction of sp³-hybridized carbons (Fsp3) is 1.00. The zero-order valence-corrected chi connectivity index (χ0v) is 16.9. The Morgan fingerprint density at radius 1 is 0.700 bits per heavy atom. The van der Waals surface area contributed by atoms with Gasteiger partial charge in [0.1, 0.15) is 0 Å². The number of hydrogen-bond donors (Lipinski definition) is 0. The van der Waals surface area contributed by atoms with Gasteiger partial charge in [-0.05, 0) is 44.9 Å². The molecule has 2 saturated carbocycles. The third kappa shape index (κ3) is 5.28. The van der Waals surface area contributed by atoms with E-state index in [9.17, 15) is 0 Å². The first-order chi connectivity index (χ1) is 9.66. The van der Waals surface area contributed by atoms with Crippen molar-refractivity contribution in [1.29, 1.82) is 0 Å². The maximum Gasteiger partial charge on any atom is 0.0959 e. The van der Waals surface area contributed by atoms with Crippen LogP contribution >= 0.6 is 0 Å². The molecule has 2 aliphatic rings. The van der Waals surface area contributed by atoms with Crippen molar-refractivity contribution in [3.05, 3.63) is 0 Å². The molecular formula is C16H36N2Si2. The summed E-state index contributed by atoms with van der Waals surface area (Å²) in [6.45, 7) is 2.57. The highest BCUT2D eigenvalue weighted by atomic mass is 28.3. The van der Waals surface area contributed by atoms with Gasteiger partial charge in [-0.25, -0.2) is 0 Å². The van der Waals surface area contributed by atoms with E-state index >= 15 is 0 Å². The molecule has 2 nitrogen and oxygen atoms in total. The summed E-state index contributed by atoms with van der Waals surface area (Å²) < 4.78 is 5.65. The monoisotopic (exact) mass is 312 g/mol. The van der Waals surface area contributed by atoms with Crippen LogP contribution in [0.2, 0.25) is 5.16 Å². The predicted octanol–water partition coefficient (Wildman–Crippen LogP) is 2.45. The molecule has 0 unspecified atom stereocenters. The van der Waals surface area contributed by atoms with Crippen molar-refractivity contribution in [2.75, 3.05) is 14.1 Å². The molecule has 0 aromatic heterocycles. The smallest absolute Gasteiger partial charge is 0.0959 e. The van der Waals surface area contributed by atoms with Gasteiger partial charge in [-0.3, -0.25) is 0 Å². The molecule has 118 valence electrons. The Labute approximate surface area is 131 Å². The van der Waals surface area contributed by atoms with Gasteiger partial charge in [0.05, 0.1) is 19.4 Å².